The summed E-state index contributed by atoms with van der Waals surface area (Å²) < 4.78 is 5.47. The minimum atomic E-state index is -0.115. The van der Waals surface area contributed by atoms with Crippen molar-refractivity contribution in [2.24, 2.45) is 0 Å². The highest BCUT2D eigenvalue weighted by molar-refractivity contribution is 5.89. The summed E-state index contributed by atoms with van der Waals surface area (Å²) in [5.74, 6) is 0. The molecule has 2 rings (SSSR count). The summed E-state index contributed by atoms with van der Waals surface area (Å²) in [7, 11) is 0. The molecule has 1 saturated heterocycles. The number of likely N-dealkylation sites (tertiary alicyclic amines) is 1. The smallest absolute Gasteiger partial charge is 0.321 e. The molecule has 6 nitrogen and oxygen atoms in total. The lowest BCUT2D eigenvalue weighted by Gasteiger charge is -2.31. The van der Waals surface area contributed by atoms with Gasteiger partial charge in [0.05, 0.1) is 19.3 Å². The first-order chi connectivity index (χ1) is 9.69. The zero-order valence-corrected chi connectivity index (χ0v) is 11.4. The molecule has 0 radical (unpaired) electrons. The van der Waals surface area contributed by atoms with Gasteiger partial charge in [-0.05, 0) is 31.0 Å². The van der Waals surface area contributed by atoms with Crippen LogP contribution < -0.4 is 11.1 Å². The SMILES string of the molecule is Nc1cccc(NC(=O)N2CCC(OCCO)CC2)c1. The molecule has 0 bridgehead atoms. The normalized spacial score (nSPS) is 16.1. The van der Waals surface area contributed by atoms with Gasteiger partial charge in [-0.15, -0.1) is 0 Å². The second-order valence-corrected chi connectivity index (χ2v) is 4.84. The lowest BCUT2D eigenvalue weighted by molar-refractivity contribution is -0.000875. The minimum absolute atomic E-state index is 0.0378. The van der Waals surface area contributed by atoms with E-state index in [1.165, 1.54) is 0 Å². The van der Waals surface area contributed by atoms with Crippen molar-refractivity contribution < 1.29 is 14.6 Å². The molecular weight excluding hydrogens is 258 g/mol. The van der Waals surface area contributed by atoms with Crippen LogP contribution >= 0.6 is 0 Å². The van der Waals surface area contributed by atoms with Crippen LogP contribution in [-0.4, -0.2) is 48.4 Å². The predicted molar refractivity (Wildman–Crippen MR) is 77.5 cm³/mol. The van der Waals surface area contributed by atoms with Crippen LogP contribution in [0.2, 0.25) is 0 Å². The van der Waals surface area contributed by atoms with Crippen LogP contribution in [0, 0.1) is 0 Å². The standard InChI is InChI=1S/C14H21N3O3/c15-11-2-1-3-12(10-11)16-14(19)17-6-4-13(5-7-17)20-9-8-18/h1-3,10,13,18H,4-9,15H2,(H,16,19). The Kier molecular flexibility index (Phi) is 5.20. The van der Waals surface area contributed by atoms with Gasteiger partial charge in [0.2, 0.25) is 0 Å². The Bertz CT molecular complexity index is 445. The van der Waals surface area contributed by atoms with Gasteiger partial charge in [-0.25, -0.2) is 4.79 Å². The largest absolute Gasteiger partial charge is 0.399 e. The molecule has 6 heteroatoms. The number of hydrogen-bond donors (Lipinski definition) is 3. The molecule has 2 amide bonds. The highest BCUT2D eigenvalue weighted by atomic mass is 16.5. The number of piperidine rings is 1. The van der Waals surface area contributed by atoms with E-state index < -0.39 is 0 Å². The topological polar surface area (TPSA) is 87.8 Å². The molecule has 110 valence electrons. The fourth-order valence-electron chi connectivity index (χ4n) is 2.26. The third kappa shape index (κ3) is 4.11. The zero-order chi connectivity index (χ0) is 14.4. The lowest BCUT2D eigenvalue weighted by atomic mass is 10.1. The maximum Gasteiger partial charge on any atom is 0.321 e. The summed E-state index contributed by atoms with van der Waals surface area (Å²) in [5.41, 5.74) is 7.00. The first-order valence-corrected chi connectivity index (χ1v) is 6.83. The molecule has 1 aliphatic heterocycles. The summed E-state index contributed by atoms with van der Waals surface area (Å²) in [6.45, 7) is 1.71. The summed E-state index contributed by atoms with van der Waals surface area (Å²) in [4.78, 5) is 13.9. The van der Waals surface area contributed by atoms with Crippen molar-refractivity contribution in [2.45, 2.75) is 18.9 Å². The van der Waals surface area contributed by atoms with Gasteiger partial charge in [-0.1, -0.05) is 6.07 Å². The molecule has 20 heavy (non-hydrogen) atoms. The monoisotopic (exact) mass is 279 g/mol. The van der Waals surface area contributed by atoms with Crippen LogP contribution in [0.4, 0.5) is 16.2 Å². The van der Waals surface area contributed by atoms with E-state index in [4.69, 9.17) is 15.6 Å². The van der Waals surface area contributed by atoms with Crippen LogP contribution in [0.3, 0.4) is 0 Å². The Morgan fingerprint density at radius 3 is 2.85 bits per heavy atom. The number of hydrogen-bond acceptors (Lipinski definition) is 4. The van der Waals surface area contributed by atoms with Crippen molar-refractivity contribution >= 4 is 17.4 Å². The maximum absolute atomic E-state index is 12.1. The molecule has 0 atom stereocenters. The first-order valence-electron chi connectivity index (χ1n) is 6.83. The number of nitrogen functional groups attached to an aromatic ring is 1. The molecule has 4 N–H and O–H groups in total. The molecule has 1 heterocycles. The van der Waals surface area contributed by atoms with Gasteiger partial charge in [0.15, 0.2) is 0 Å². The average molecular weight is 279 g/mol. The van der Waals surface area contributed by atoms with E-state index in [1.807, 2.05) is 6.07 Å². The van der Waals surface area contributed by atoms with Crippen LogP contribution in [0.1, 0.15) is 12.8 Å². The maximum atomic E-state index is 12.1. The number of aliphatic hydroxyl groups is 1. The Morgan fingerprint density at radius 2 is 2.20 bits per heavy atom. The molecular formula is C14H21N3O3. The van der Waals surface area contributed by atoms with Crippen LogP contribution in [-0.2, 0) is 4.74 Å². The number of rotatable bonds is 4. The molecule has 1 aromatic carbocycles. The van der Waals surface area contributed by atoms with Gasteiger partial charge in [-0.3, -0.25) is 0 Å². The number of nitrogens with one attached hydrogen (secondary N) is 1. The van der Waals surface area contributed by atoms with E-state index in [-0.39, 0.29) is 18.7 Å². The minimum Gasteiger partial charge on any atom is -0.399 e. The van der Waals surface area contributed by atoms with E-state index in [2.05, 4.69) is 5.32 Å². The summed E-state index contributed by atoms with van der Waals surface area (Å²) in [5, 5.41) is 11.6. The number of carbonyl (C=O) groups is 1. The van der Waals surface area contributed by atoms with Crippen LogP contribution in [0.25, 0.3) is 0 Å². The first kappa shape index (κ1) is 14.6. The van der Waals surface area contributed by atoms with Crippen LogP contribution in [0.15, 0.2) is 24.3 Å². The van der Waals surface area contributed by atoms with Gasteiger partial charge >= 0.3 is 6.03 Å². The van der Waals surface area contributed by atoms with Crippen molar-refractivity contribution in [1.29, 1.82) is 0 Å². The van der Waals surface area contributed by atoms with Gasteiger partial charge in [0.1, 0.15) is 0 Å². The number of aliphatic hydroxyl groups excluding tert-OH is 1. The third-order valence-electron chi connectivity index (χ3n) is 3.31. The van der Waals surface area contributed by atoms with Crippen molar-refractivity contribution in [2.75, 3.05) is 37.4 Å². The number of anilines is 2. The van der Waals surface area contributed by atoms with E-state index in [0.29, 0.717) is 31.1 Å². The number of carbonyl (C=O) groups excluding carboxylic acids is 1. The van der Waals surface area contributed by atoms with E-state index in [9.17, 15) is 4.79 Å². The van der Waals surface area contributed by atoms with Crippen molar-refractivity contribution in [3.05, 3.63) is 24.3 Å². The second kappa shape index (κ2) is 7.12. The lowest BCUT2D eigenvalue weighted by Crippen LogP contribution is -2.43. The number of amides is 2. The van der Waals surface area contributed by atoms with E-state index in [0.717, 1.165) is 12.8 Å². The summed E-state index contributed by atoms with van der Waals surface area (Å²) >= 11 is 0. The predicted octanol–water partition coefficient (Wildman–Crippen LogP) is 1.27. The Balaban J connectivity index is 1.80. The van der Waals surface area contributed by atoms with Gasteiger partial charge in [-0.2, -0.15) is 0 Å². The zero-order valence-electron chi connectivity index (χ0n) is 11.4. The molecule has 0 unspecified atom stereocenters. The molecule has 1 aliphatic rings. The van der Waals surface area contributed by atoms with Gasteiger partial charge in [0.25, 0.3) is 0 Å². The highest BCUT2D eigenvalue weighted by Gasteiger charge is 2.23. The Hall–Kier alpha value is -1.79. The Labute approximate surface area is 118 Å². The molecule has 0 saturated carbocycles. The molecule has 0 aliphatic carbocycles. The number of ether oxygens (including phenoxy) is 1. The fraction of sp³-hybridized carbons (Fsp3) is 0.500. The average Bonchev–Trinajstić information content (AvgIpc) is 2.45. The quantitative estimate of drug-likeness (QED) is 0.724. The van der Waals surface area contributed by atoms with Crippen molar-refractivity contribution in [3.8, 4) is 0 Å². The second-order valence-electron chi connectivity index (χ2n) is 4.84. The summed E-state index contributed by atoms with van der Waals surface area (Å²) in [6, 6.07) is 7.01. The number of nitrogens with two attached hydrogens (primary N) is 1. The summed E-state index contributed by atoms with van der Waals surface area (Å²) in [6.07, 6.45) is 1.73. The third-order valence-corrected chi connectivity index (χ3v) is 3.31. The molecule has 1 fully saturated rings. The van der Waals surface area contributed by atoms with E-state index in [1.54, 1.807) is 23.1 Å². The number of urea groups is 1. The molecule has 1 aromatic rings. The number of benzene rings is 1. The Morgan fingerprint density at radius 1 is 1.45 bits per heavy atom. The number of nitrogens with zero attached hydrogens (tertiary/aromatic N) is 1. The van der Waals surface area contributed by atoms with Crippen molar-refractivity contribution in [3.63, 3.8) is 0 Å². The van der Waals surface area contributed by atoms with Crippen LogP contribution in [0.5, 0.6) is 0 Å². The van der Waals surface area contributed by atoms with Crippen molar-refractivity contribution in [1.82, 2.24) is 4.90 Å². The fourth-order valence-corrected chi connectivity index (χ4v) is 2.26. The van der Waals surface area contributed by atoms with E-state index >= 15 is 0 Å². The van der Waals surface area contributed by atoms with Gasteiger partial charge < -0.3 is 25.8 Å². The molecule has 0 aromatic heterocycles. The molecule has 0 spiro atoms. The highest BCUT2D eigenvalue weighted by Crippen LogP contribution is 2.16. The van der Waals surface area contributed by atoms with Gasteiger partial charge in [0, 0.05) is 24.5 Å².